The van der Waals surface area contributed by atoms with Crippen molar-refractivity contribution in [2.45, 2.75) is 19.8 Å². The molecule has 0 aromatic heterocycles. The fraction of sp³-hybridized carbons (Fsp3) is 0.462. The van der Waals surface area contributed by atoms with Gasteiger partial charge in [0.25, 0.3) is 5.91 Å². The molecule has 4 heteroatoms. The van der Waals surface area contributed by atoms with E-state index in [0.29, 0.717) is 16.5 Å². The summed E-state index contributed by atoms with van der Waals surface area (Å²) in [6, 6.07) is 5.37. The third-order valence-electron chi connectivity index (χ3n) is 3.32. The van der Waals surface area contributed by atoms with Crippen LogP contribution >= 0.6 is 27.5 Å². The van der Waals surface area contributed by atoms with E-state index in [2.05, 4.69) is 22.9 Å². The molecule has 1 fully saturated rings. The van der Waals surface area contributed by atoms with E-state index >= 15 is 0 Å². The molecule has 0 N–H and O–H groups in total. The van der Waals surface area contributed by atoms with Gasteiger partial charge in [-0.3, -0.25) is 4.79 Å². The normalized spacial score (nSPS) is 19.7. The first-order valence-corrected chi connectivity index (χ1v) is 7.03. The quantitative estimate of drug-likeness (QED) is 0.808. The Morgan fingerprint density at radius 2 is 2.35 bits per heavy atom. The topological polar surface area (TPSA) is 20.3 Å². The summed E-state index contributed by atoms with van der Waals surface area (Å²) >= 11 is 9.33. The maximum absolute atomic E-state index is 12.2. The second-order valence-electron chi connectivity index (χ2n) is 4.44. The monoisotopic (exact) mass is 315 g/mol. The summed E-state index contributed by atoms with van der Waals surface area (Å²) in [7, 11) is 0. The van der Waals surface area contributed by atoms with Crippen molar-refractivity contribution >= 4 is 33.4 Å². The van der Waals surface area contributed by atoms with Crippen LogP contribution in [-0.2, 0) is 0 Å². The highest BCUT2D eigenvalue weighted by Gasteiger charge is 2.25. The first kappa shape index (κ1) is 12.9. The average Bonchev–Trinajstić information content (AvgIpc) is 2.80. The Balaban J connectivity index is 2.12. The van der Waals surface area contributed by atoms with Gasteiger partial charge in [0.05, 0.1) is 5.02 Å². The van der Waals surface area contributed by atoms with Crippen molar-refractivity contribution in [2.24, 2.45) is 5.92 Å². The summed E-state index contributed by atoms with van der Waals surface area (Å²) in [6.45, 7) is 3.92. The van der Waals surface area contributed by atoms with Gasteiger partial charge in [-0.15, -0.1) is 0 Å². The number of hydrogen-bond donors (Lipinski definition) is 0. The number of rotatable bonds is 2. The summed E-state index contributed by atoms with van der Waals surface area (Å²) in [5.74, 6) is 0.750. The van der Waals surface area contributed by atoms with E-state index in [1.807, 2.05) is 17.0 Å². The van der Waals surface area contributed by atoms with Crippen molar-refractivity contribution in [1.82, 2.24) is 4.90 Å². The summed E-state index contributed by atoms with van der Waals surface area (Å²) in [5.41, 5.74) is 0.676. The van der Waals surface area contributed by atoms with Crippen LogP contribution in [0.25, 0.3) is 0 Å². The number of carbonyl (C=O) groups is 1. The van der Waals surface area contributed by atoms with Crippen LogP contribution in [0.4, 0.5) is 0 Å². The molecule has 0 bridgehead atoms. The highest BCUT2D eigenvalue weighted by molar-refractivity contribution is 9.10. The molecule has 1 aromatic rings. The van der Waals surface area contributed by atoms with Crippen LogP contribution in [-0.4, -0.2) is 23.9 Å². The van der Waals surface area contributed by atoms with Gasteiger partial charge in [0.1, 0.15) is 0 Å². The van der Waals surface area contributed by atoms with Gasteiger partial charge in [-0.2, -0.15) is 0 Å². The maximum atomic E-state index is 12.2. The molecule has 17 heavy (non-hydrogen) atoms. The van der Waals surface area contributed by atoms with Crippen molar-refractivity contribution in [3.05, 3.63) is 33.3 Å². The van der Waals surface area contributed by atoms with Crippen molar-refractivity contribution in [2.75, 3.05) is 13.1 Å². The van der Waals surface area contributed by atoms with E-state index in [-0.39, 0.29) is 5.91 Å². The fourth-order valence-electron chi connectivity index (χ4n) is 2.16. The molecule has 0 saturated carbocycles. The molecule has 0 radical (unpaired) electrons. The van der Waals surface area contributed by atoms with Gasteiger partial charge in [-0.05, 0) is 46.5 Å². The Morgan fingerprint density at radius 1 is 1.59 bits per heavy atom. The number of nitrogens with zero attached hydrogens (tertiary/aromatic N) is 1. The standard InChI is InChI=1S/C13H15BrClNO/c1-2-9-5-6-16(8-9)13(17)10-3-4-11(14)12(15)7-10/h3-4,7,9H,2,5-6,8H2,1H3. The van der Waals surface area contributed by atoms with Gasteiger partial charge in [-0.1, -0.05) is 24.9 Å². The number of carbonyl (C=O) groups excluding carboxylic acids is 1. The summed E-state index contributed by atoms with van der Waals surface area (Å²) < 4.78 is 0.823. The third kappa shape index (κ3) is 2.83. The SMILES string of the molecule is CCC1CCN(C(=O)c2ccc(Br)c(Cl)c2)C1. The van der Waals surface area contributed by atoms with Gasteiger partial charge >= 0.3 is 0 Å². The average molecular weight is 317 g/mol. The Kier molecular flexibility index (Phi) is 4.10. The zero-order valence-electron chi connectivity index (χ0n) is 9.75. The van der Waals surface area contributed by atoms with Crippen LogP contribution < -0.4 is 0 Å². The molecule has 1 aromatic carbocycles. The lowest BCUT2D eigenvalue weighted by molar-refractivity contribution is 0.0787. The van der Waals surface area contributed by atoms with Crippen LogP contribution in [0.3, 0.4) is 0 Å². The molecule has 0 spiro atoms. The molecule has 92 valence electrons. The zero-order valence-corrected chi connectivity index (χ0v) is 12.1. The van der Waals surface area contributed by atoms with Crippen molar-refractivity contribution in [1.29, 1.82) is 0 Å². The first-order chi connectivity index (χ1) is 8.11. The van der Waals surface area contributed by atoms with E-state index in [0.717, 1.165) is 30.4 Å². The molecule has 1 aliphatic rings. The minimum atomic E-state index is 0.0929. The minimum Gasteiger partial charge on any atom is -0.338 e. The lowest BCUT2D eigenvalue weighted by Crippen LogP contribution is -2.28. The second-order valence-corrected chi connectivity index (χ2v) is 5.70. The second kappa shape index (κ2) is 5.40. The van der Waals surface area contributed by atoms with E-state index in [1.165, 1.54) is 0 Å². The third-order valence-corrected chi connectivity index (χ3v) is 4.55. The fourth-order valence-corrected chi connectivity index (χ4v) is 2.59. The smallest absolute Gasteiger partial charge is 0.253 e. The summed E-state index contributed by atoms with van der Waals surface area (Å²) in [4.78, 5) is 14.1. The van der Waals surface area contributed by atoms with Gasteiger partial charge in [0.2, 0.25) is 0 Å². The number of hydrogen-bond acceptors (Lipinski definition) is 1. The molecule has 0 aliphatic carbocycles. The minimum absolute atomic E-state index is 0.0929. The largest absolute Gasteiger partial charge is 0.338 e. The predicted octanol–water partition coefficient (Wildman–Crippen LogP) is 3.97. The first-order valence-electron chi connectivity index (χ1n) is 5.86. The van der Waals surface area contributed by atoms with Crippen LogP contribution in [0, 0.1) is 5.92 Å². The van der Waals surface area contributed by atoms with Crippen LogP contribution in [0.2, 0.25) is 5.02 Å². The number of likely N-dealkylation sites (tertiary alicyclic amines) is 1. The van der Waals surface area contributed by atoms with E-state index < -0.39 is 0 Å². The van der Waals surface area contributed by atoms with Gasteiger partial charge in [0, 0.05) is 23.1 Å². The molecule has 2 nitrogen and oxygen atoms in total. The molecule has 1 atom stereocenters. The highest BCUT2D eigenvalue weighted by atomic mass is 79.9. The van der Waals surface area contributed by atoms with Crippen LogP contribution in [0.1, 0.15) is 30.1 Å². The lowest BCUT2D eigenvalue weighted by atomic mass is 10.1. The molecular formula is C13H15BrClNO. The van der Waals surface area contributed by atoms with Crippen LogP contribution in [0.5, 0.6) is 0 Å². The molecular weight excluding hydrogens is 302 g/mol. The highest BCUT2D eigenvalue weighted by Crippen LogP contribution is 2.26. The molecule has 1 amide bonds. The summed E-state index contributed by atoms with van der Waals surface area (Å²) in [5, 5.41) is 0.585. The van der Waals surface area contributed by atoms with Gasteiger partial charge < -0.3 is 4.90 Å². The number of benzene rings is 1. The van der Waals surface area contributed by atoms with Crippen molar-refractivity contribution < 1.29 is 4.79 Å². The van der Waals surface area contributed by atoms with E-state index in [4.69, 9.17) is 11.6 Å². The Hall–Kier alpha value is -0.540. The van der Waals surface area contributed by atoms with Crippen LogP contribution in [0.15, 0.2) is 22.7 Å². The molecule has 1 unspecified atom stereocenters. The molecule has 1 aliphatic heterocycles. The van der Waals surface area contributed by atoms with Gasteiger partial charge in [0.15, 0.2) is 0 Å². The number of amides is 1. The Morgan fingerprint density at radius 3 is 2.94 bits per heavy atom. The van der Waals surface area contributed by atoms with E-state index in [1.54, 1.807) is 6.07 Å². The van der Waals surface area contributed by atoms with Crippen molar-refractivity contribution in [3.8, 4) is 0 Å². The Labute approximate surface area is 115 Å². The molecule has 1 saturated heterocycles. The van der Waals surface area contributed by atoms with E-state index in [9.17, 15) is 4.79 Å². The summed E-state index contributed by atoms with van der Waals surface area (Å²) in [6.07, 6.45) is 2.26. The lowest BCUT2D eigenvalue weighted by Gasteiger charge is -2.16. The number of halogens is 2. The molecule has 1 heterocycles. The van der Waals surface area contributed by atoms with Crippen molar-refractivity contribution in [3.63, 3.8) is 0 Å². The maximum Gasteiger partial charge on any atom is 0.253 e. The zero-order chi connectivity index (χ0) is 12.4. The predicted molar refractivity (Wildman–Crippen MR) is 73.5 cm³/mol. The van der Waals surface area contributed by atoms with Gasteiger partial charge in [-0.25, -0.2) is 0 Å². The Bertz CT molecular complexity index is 435. The molecule has 2 rings (SSSR count).